The van der Waals surface area contributed by atoms with Gasteiger partial charge >= 0.3 is 6.01 Å². The Labute approximate surface area is 114 Å². The summed E-state index contributed by atoms with van der Waals surface area (Å²) >= 11 is 0. The monoisotopic (exact) mass is 265 g/mol. The Hall–Kier alpha value is -1.59. The quantitative estimate of drug-likeness (QED) is 0.875. The molecule has 6 nitrogen and oxygen atoms in total. The van der Waals surface area contributed by atoms with Crippen molar-refractivity contribution < 1.29 is 4.74 Å². The molecule has 0 aromatic carbocycles. The summed E-state index contributed by atoms with van der Waals surface area (Å²) in [6, 6.07) is 0.369. The van der Waals surface area contributed by atoms with Gasteiger partial charge in [-0.15, -0.1) is 0 Å². The molecular formula is C13H23N5O. The Morgan fingerprint density at radius 3 is 2.74 bits per heavy atom. The molecule has 6 heteroatoms. The average Bonchev–Trinajstić information content (AvgIpc) is 2.88. The first kappa shape index (κ1) is 13.8. The van der Waals surface area contributed by atoms with Crippen LogP contribution in [0.3, 0.4) is 0 Å². The second kappa shape index (κ2) is 6.04. The van der Waals surface area contributed by atoms with Gasteiger partial charge in [0.05, 0.1) is 7.11 Å². The molecule has 0 amide bonds. The summed E-state index contributed by atoms with van der Waals surface area (Å²) in [6.07, 6.45) is 1.20. The molecule has 106 valence electrons. The lowest BCUT2D eigenvalue weighted by Crippen LogP contribution is -2.24. The van der Waals surface area contributed by atoms with Crippen LogP contribution in [-0.4, -0.2) is 41.7 Å². The molecule has 1 N–H and O–H groups in total. The van der Waals surface area contributed by atoms with E-state index in [1.165, 1.54) is 6.42 Å². The van der Waals surface area contributed by atoms with Crippen molar-refractivity contribution in [2.45, 2.75) is 27.2 Å². The normalized spacial score (nSPS) is 19.0. The van der Waals surface area contributed by atoms with Gasteiger partial charge in [-0.3, -0.25) is 0 Å². The fourth-order valence-corrected chi connectivity index (χ4v) is 2.33. The molecule has 1 aliphatic heterocycles. The Balaban J connectivity index is 2.17. The summed E-state index contributed by atoms with van der Waals surface area (Å²) < 4.78 is 5.15. The zero-order valence-electron chi connectivity index (χ0n) is 12.2. The molecule has 1 unspecified atom stereocenters. The molecular weight excluding hydrogens is 242 g/mol. The third-order valence-electron chi connectivity index (χ3n) is 3.57. The van der Waals surface area contributed by atoms with Crippen molar-refractivity contribution in [3.05, 3.63) is 0 Å². The van der Waals surface area contributed by atoms with E-state index in [9.17, 15) is 0 Å². The summed E-state index contributed by atoms with van der Waals surface area (Å²) in [6.45, 7) is 9.35. The van der Waals surface area contributed by atoms with Crippen LogP contribution in [0.25, 0.3) is 0 Å². The summed E-state index contributed by atoms with van der Waals surface area (Å²) in [5, 5.41) is 3.11. The number of nitrogens with one attached hydrogen (secondary N) is 1. The molecule has 1 atom stereocenters. The van der Waals surface area contributed by atoms with Crippen LogP contribution in [0.5, 0.6) is 6.01 Å². The SMILES string of the molecule is CCNc1nc(OC)nc(N2CCC(C(C)C)C2)n1. The number of anilines is 2. The molecule has 0 spiro atoms. The van der Waals surface area contributed by atoms with E-state index in [0.717, 1.165) is 19.6 Å². The minimum atomic E-state index is 0.369. The first-order valence-corrected chi connectivity index (χ1v) is 6.93. The maximum Gasteiger partial charge on any atom is 0.322 e. The van der Waals surface area contributed by atoms with E-state index in [-0.39, 0.29) is 0 Å². The second-order valence-electron chi connectivity index (χ2n) is 5.21. The van der Waals surface area contributed by atoms with Crippen LogP contribution in [0, 0.1) is 11.8 Å². The molecule has 1 aliphatic rings. The van der Waals surface area contributed by atoms with Gasteiger partial charge in [0, 0.05) is 19.6 Å². The highest BCUT2D eigenvalue weighted by Gasteiger charge is 2.27. The maximum absolute atomic E-state index is 5.15. The number of nitrogens with zero attached hydrogens (tertiary/aromatic N) is 4. The Bertz CT molecular complexity index is 423. The summed E-state index contributed by atoms with van der Waals surface area (Å²) in [4.78, 5) is 15.2. The van der Waals surface area contributed by atoms with E-state index < -0.39 is 0 Å². The van der Waals surface area contributed by atoms with Gasteiger partial charge in [0.1, 0.15) is 0 Å². The molecule has 1 aromatic heterocycles. The lowest BCUT2D eigenvalue weighted by Gasteiger charge is -2.18. The summed E-state index contributed by atoms with van der Waals surface area (Å²) in [7, 11) is 1.58. The number of hydrogen-bond donors (Lipinski definition) is 1. The van der Waals surface area contributed by atoms with Crippen LogP contribution in [0.15, 0.2) is 0 Å². The summed E-state index contributed by atoms with van der Waals surface area (Å²) in [5.41, 5.74) is 0. The van der Waals surface area contributed by atoms with E-state index in [0.29, 0.717) is 29.7 Å². The Morgan fingerprint density at radius 2 is 2.16 bits per heavy atom. The van der Waals surface area contributed by atoms with Crippen molar-refractivity contribution in [2.24, 2.45) is 11.8 Å². The molecule has 0 radical (unpaired) electrons. The average molecular weight is 265 g/mol. The van der Waals surface area contributed by atoms with E-state index in [2.05, 4.69) is 39.0 Å². The predicted octanol–water partition coefficient (Wildman–Crippen LogP) is 1.79. The van der Waals surface area contributed by atoms with Gasteiger partial charge in [-0.1, -0.05) is 13.8 Å². The third-order valence-corrected chi connectivity index (χ3v) is 3.57. The van der Waals surface area contributed by atoms with Crippen molar-refractivity contribution in [3.63, 3.8) is 0 Å². The van der Waals surface area contributed by atoms with E-state index in [4.69, 9.17) is 4.74 Å². The van der Waals surface area contributed by atoms with Gasteiger partial charge in [0.25, 0.3) is 0 Å². The first-order valence-electron chi connectivity index (χ1n) is 6.93. The van der Waals surface area contributed by atoms with Crippen molar-refractivity contribution in [2.75, 3.05) is 37.0 Å². The van der Waals surface area contributed by atoms with Gasteiger partial charge in [-0.2, -0.15) is 15.0 Å². The molecule has 1 saturated heterocycles. The van der Waals surface area contributed by atoms with Crippen molar-refractivity contribution in [3.8, 4) is 6.01 Å². The Kier molecular flexibility index (Phi) is 4.39. The molecule has 0 bridgehead atoms. The van der Waals surface area contributed by atoms with Gasteiger partial charge in [-0.25, -0.2) is 0 Å². The second-order valence-corrected chi connectivity index (χ2v) is 5.21. The van der Waals surface area contributed by atoms with Gasteiger partial charge in [-0.05, 0) is 25.2 Å². The summed E-state index contributed by atoms with van der Waals surface area (Å²) in [5.74, 6) is 2.70. The minimum Gasteiger partial charge on any atom is -0.467 e. The third kappa shape index (κ3) is 3.24. The van der Waals surface area contributed by atoms with Gasteiger partial charge in [0.2, 0.25) is 11.9 Å². The molecule has 2 heterocycles. The van der Waals surface area contributed by atoms with Crippen LogP contribution in [-0.2, 0) is 0 Å². The first-order chi connectivity index (χ1) is 9.13. The fraction of sp³-hybridized carbons (Fsp3) is 0.769. The molecule has 1 aromatic rings. The molecule has 0 aliphatic carbocycles. The van der Waals surface area contributed by atoms with Crippen LogP contribution >= 0.6 is 0 Å². The highest BCUT2D eigenvalue weighted by Crippen LogP contribution is 2.27. The topological polar surface area (TPSA) is 63.2 Å². The number of aromatic nitrogens is 3. The van der Waals surface area contributed by atoms with Crippen LogP contribution < -0.4 is 15.0 Å². The number of ether oxygens (including phenoxy) is 1. The Morgan fingerprint density at radius 1 is 1.37 bits per heavy atom. The maximum atomic E-state index is 5.15. The van der Waals surface area contributed by atoms with Crippen molar-refractivity contribution in [1.29, 1.82) is 0 Å². The van der Waals surface area contributed by atoms with Crippen molar-refractivity contribution in [1.82, 2.24) is 15.0 Å². The van der Waals surface area contributed by atoms with Gasteiger partial charge in [0.15, 0.2) is 0 Å². The fourth-order valence-electron chi connectivity index (χ4n) is 2.33. The number of hydrogen-bond acceptors (Lipinski definition) is 6. The van der Waals surface area contributed by atoms with Crippen LogP contribution in [0.2, 0.25) is 0 Å². The van der Waals surface area contributed by atoms with Crippen LogP contribution in [0.4, 0.5) is 11.9 Å². The molecule has 0 saturated carbocycles. The zero-order chi connectivity index (χ0) is 13.8. The number of methoxy groups -OCH3 is 1. The number of rotatable bonds is 5. The standard InChI is InChI=1S/C13H23N5O/c1-5-14-11-15-12(17-13(16-11)19-4)18-7-6-10(8-18)9(2)3/h9-10H,5-8H2,1-4H3,(H,14,15,16,17). The smallest absolute Gasteiger partial charge is 0.322 e. The van der Waals surface area contributed by atoms with E-state index in [1.54, 1.807) is 7.11 Å². The minimum absolute atomic E-state index is 0.369. The van der Waals surface area contributed by atoms with Crippen LogP contribution in [0.1, 0.15) is 27.2 Å². The van der Waals surface area contributed by atoms with Crippen molar-refractivity contribution >= 4 is 11.9 Å². The molecule has 1 fully saturated rings. The predicted molar refractivity (Wildman–Crippen MR) is 75.7 cm³/mol. The van der Waals surface area contributed by atoms with Gasteiger partial charge < -0.3 is 15.0 Å². The largest absolute Gasteiger partial charge is 0.467 e. The van der Waals surface area contributed by atoms with E-state index in [1.807, 2.05) is 6.92 Å². The van der Waals surface area contributed by atoms with E-state index >= 15 is 0 Å². The lowest BCUT2D eigenvalue weighted by atomic mass is 9.95. The molecule has 19 heavy (non-hydrogen) atoms. The molecule has 2 rings (SSSR count). The highest BCUT2D eigenvalue weighted by molar-refractivity contribution is 5.39. The highest BCUT2D eigenvalue weighted by atomic mass is 16.5. The zero-order valence-corrected chi connectivity index (χ0v) is 12.2. The lowest BCUT2D eigenvalue weighted by molar-refractivity contribution is 0.378.